The van der Waals surface area contributed by atoms with Gasteiger partial charge in [0.25, 0.3) is 5.91 Å². The molecule has 1 aromatic heterocycles. The summed E-state index contributed by atoms with van der Waals surface area (Å²) in [4.78, 5) is 37.8. The third kappa shape index (κ3) is 3.95. The van der Waals surface area contributed by atoms with E-state index in [1.807, 2.05) is 43.3 Å². The van der Waals surface area contributed by atoms with E-state index in [0.717, 1.165) is 29.4 Å². The Labute approximate surface area is 175 Å². The smallest absolute Gasteiger partial charge is 0.317 e. The van der Waals surface area contributed by atoms with Crippen LogP contribution in [0.25, 0.3) is 11.0 Å². The molecule has 6 nitrogen and oxygen atoms in total. The molecular weight excluding hydrogens is 378 g/mol. The molecule has 1 N–H and O–H groups in total. The van der Waals surface area contributed by atoms with Crippen LogP contribution in [0, 0.1) is 0 Å². The Bertz CT molecular complexity index is 1170. The molecule has 3 aromatic rings. The minimum atomic E-state index is -0.533. The van der Waals surface area contributed by atoms with Crippen molar-refractivity contribution in [3.8, 4) is 0 Å². The van der Waals surface area contributed by atoms with E-state index in [2.05, 4.69) is 5.32 Å². The number of rotatable bonds is 5. The van der Waals surface area contributed by atoms with Gasteiger partial charge in [0.1, 0.15) is 0 Å². The predicted octanol–water partition coefficient (Wildman–Crippen LogP) is 3.29. The van der Waals surface area contributed by atoms with Crippen molar-refractivity contribution in [2.24, 2.45) is 0 Å². The summed E-state index contributed by atoms with van der Waals surface area (Å²) in [6.45, 7) is 2.58. The van der Waals surface area contributed by atoms with Gasteiger partial charge in [0.2, 0.25) is 0 Å². The van der Waals surface area contributed by atoms with E-state index < -0.39 is 11.1 Å². The highest BCUT2D eigenvalue weighted by Crippen LogP contribution is 2.18. The molecule has 0 spiro atoms. The van der Waals surface area contributed by atoms with Gasteiger partial charge in [-0.3, -0.25) is 19.0 Å². The molecule has 2 aromatic carbocycles. The summed E-state index contributed by atoms with van der Waals surface area (Å²) in [5.74, 6) is -0.0541. The highest BCUT2D eigenvalue weighted by molar-refractivity contribution is 5.94. The first-order chi connectivity index (χ1) is 14.6. The van der Waals surface area contributed by atoms with E-state index in [0.29, 0.717) is 12.1 Å². The van der Waals surface area contributed by atoms with Crippen molar-refractivity contribution in [3.63, 3.8) is 0 Å². The SMILES string of the molecule is CCn1c(=O)c(=O)n(Cc2ccc(C(=O)NC3CCCCC3)cc2)c2ccccc21. The molecule has 1 heterocycles. The van der Waals surface area contributed by atoms with Gasteiger partial charge in [-0.15, -0.1) is 0 Å². The number of fused-ring (bicyclic) bond motifs is 1. The van der Waals surface area contributed by atoms with Crippen molar-refractivity contribution < 1.29 is 4.79 Å². The standard InChI is InChI=1S/C24H27N3O3/c1-2-26-20-10-6-7-11-21(20)27(24(30)23(26)29)16-17-12-14-18(15-13-17)22(28)25-19-8-4-3-5-9-19/h6-7,10-15,19H,2-5,8-9,16H2,1H3,(H,25,28). The lowest BCUT2D eigenvalue weighted by molar-refractivity contribution is 0.0927. The summed E-state index contributed by atoms with van der Waals surface area (Å²) in [6, 6.07) is 15.0. The molecule has 30 heavy (non-hydrogen) atoms. The highest BCUT2D eigenvalue weighted by Gasteiger charge is 2.17. The molecule has 0 unspecified atom stereocenters. The molecule has 4 rings (SSSR count). The molecule has 1 aliphatic carbocycles. The minimum absolute atomic E-state index is 0.0541. The van der Waals surface area contributed by atoms with Gasteiger partial charge in [-0.2, -0.15) is 0 Å². The second kappa shape index (κ2) is 8.69. The van der Waals surface area contributed by atoms with Gasteiger partial charge in [-0.05, 0) is 49.6 Å². The first-order valence-corrected chi connectivity index (χ1v) is 10.7. The van der Waals surface area contributed by atoms with Crippen molar-refractivity contribution in [1.29, 1.82) is 0 Å². The van der Waals surface area contributed by atoms with Crippen LogP contribution >= 0.6 is 0 Å². The van der Waals surface area contributed by atoms with E-state index in [9.17, 15) is 14.4 Å². The lowest BCUT2D eigenvalue weighted by Crippen LogP contribution is -2.41. The van der Waals surface area contributed by atoms with Crippen molar-refractivity contribution in [2.75, 3.05) is 0 Å². The van der Waals surface area contributed by atoms with Gasteiger partial charge in [0.15, 0.2) is 0 Å². The zero-order valence-electron chi connectivity index (χ0n) is 17.3. The zero-order chi connectivity index (χ0) is 21.1. The summed E-state index contributed by atoms with van der Waals surface area (Å²) in [5.41, 5.74) is 1.90. The van der Waals surface area contributed by atoms with Gasteiger partial charge in [-0.25, -0.2) is 0 Å². The molecule has 6 heteroatoms. The molecule has 1 fully saturated rings. The molecule has 0 radical (unpaired) electrons. The van der Waals surface area contributed by atoms with E-state index in [1.54, 1.807) is 12.1 Å². The Morgan fingerprint density at radius 3 is 2.13 bits per heavy atom. The molecule has 0 aliphatic heterocycles. The van der Waals surface area contributed by atoms with E-state index in [-0.39, 0.29) is 18.5 Å². The first-order valence-electron chi connectivity index (χ1n) is 10.7. The number of aryl methyl sites for hydroxylation is 1. The lowest BCUT2D eigenvalue weighted by atomic mass is 9.95. The second-order valence-electron chi connectivity index (χ2n) is 7.93. The summed E-state index contributed by atoms with van der Waals surface area (Å²) in [6.07, 6.45) is 5.68. The van der Waals surface area contributed by atoms with Crippen molar-refractivity contribution in [3.05, 3.63) is 80.4 Å². The monoisotopic (exact) mass is 405 g/mol. The molecule has 1 aliphatic rings. The molecule has 1 saturated carbocycles. The Hall–Kier alpha value is -3.15. The normalized spacial score (nSPS) is 14.7. The van der Waals surface area contributed by atoms with Crippen LogP contribution in [-0.4, -0.2) is 21.1 Å². The predicted molar refractivity (Wildman–Crippen MR) is 118 cm³/mol. The first kappa shape index (κ1) is 20.1. The second-order valence-corrected chi connectivity index (χ2v) is 7.93. The van der Waals surface area contributed by atoms with E-state index in [1.165, 1.54) is 28.4 Å². The van der Waals surface area contributed by atoms with Crippen LogP contribution in [0.4, 0.5) is 0 Å². The summed E-state index contributed by atoms with van der Waals surface area (Å²) >= 11 is 0. The van der Waals surface area contributed by atoms with Crippen LogP contribution in [0.1, 0.15) is 54.9 Å². The van der Waals surface area contributed by atoms with E-state index in [4.69, 9.17) is 0 Å². The van der Waals surface area contributed by atoms with Gasteiger partial charge in [-0.1, -0.05) is 43.5 Å². The van der Waals surface area contributed by atoms with Gasteiger partial charge >= 0.3 is 11.1 Å². The van der Waals surface area contributed by atoms with Crippen LogP contribution in [0.5, 0.6) is 0 Å². The minimum Gasteiger partial charge on any atom is -0.349 e. The fourth-order valence-electron chi connectivity index (χ4n) is 4.30. The topological polar surface area (TPSA) is 73.1 Å². The molecule has 156 valence electrons. The Kier molecular flexibility index (Phi) is 5.84. The van der Waals surface area contributed by atoms with E-state index >= 15 is 0 Å². The van der Waals surface area contributed by atoms with Crippen LogP contribution < -0.4 is 16.4 Å². The average Bonchev–Trinajstić information content (AvgIpc) is 2.78. The number of hydrogen-bond donors (Lipinski definition) is 1. The zero-order valence-corrected chi connectivity index (χ0v) is 17.3. The Balaban J connectivity index is 1.59. The van der Waals surface area contributed by atoms with Gasteiger partial charge in [0.05, 0.1) is 17.6 Å². The number of carbonyl (C=O) groups excluding carboxylic acids is 1. The number of carbonyl (C=O) groups is 1. The van der Waals surface area contributed by atoms with Gasteiger partial charge in [0, 0.05) is 18.2 Å². The number of amides is 1. The van der Waals surface area contributed by atoms with Crippen LogP contribution in [-0.2, 0) is 13.1 Å². The maximum atomic E-state index is 12.7. The fraction of sp³-hybridized carbons (Fsp3) is 0.375. The lowest BCUT2D eigenvalue weighted by Gasteiger charge is -2.22. The number of benzene rings is 2. The summed E-state index contributed by atoms with van der Waals surface area (Å²) in [7, 11) is 0. The fourth-order valence-corrected chi connectivity index (χ4v) is 4.30. The van der Waals surface area contributed by atoms with Gasteiger partial charge < -0.3 is 9.88 Å². The number of hydrogen-bond acceptors (Lipinski definition) is 3. The van der Waals surface area contributed by atoms with Crippen LogP contribution in [0.3, 0.4) is 0 Å². The Morgan fingerprint density at radius 2 is 1.50 bits per heavy atom. The molecule has 0 atom stereocenters. The van der Waals surface area contributed by atoms with Crippen LogP contribution in [0.15, 0.2) is 58.1 Å². The van der Waals surface area contributed by atoms with Crippen molar-refractivity contribution >= 4 is 16.9 Å². The number of nitrogens with zero attached hydrogens (tertiary/aromatic N) is 2. The third-order valence-electron chi connectivity index (χ3n) is 5.95. The third-order valence-corrected chi connectivity index (χ3v) is 5.95. The molecule has 0 bridgehead atoms. The maximum absolute atomic E-state index is 12.7. The number of nitrogens with one attached hydrogen (secondary N) is 1. The number of aromatic nitrogens is 2. The summed E-state index contributed by atoms with van der Waals surface area (Å²) < 4.78 is 3.02. The summed E-state index contributed by atoms with van der Waals surface area (Å²) in [5, 5.41) is 3.12. The van der Waals surface area contributed by atoms with Crippen molar-refractivity contribution in [1.82, 2.24) is 14.5 Å². The average molecular weight is 405 g/mol. The number of para-hydroxylation sites is 2. The molecular formula is C24H27N3O3. The highest BCUT2D eigenvalue weighted by atomic mass is 16.2. The Morgan fingerprint density at radius 1 is 0.900 bits per heavy atom. The van der Waals surface area contributed by atoms with Crippen molar-refractivity contribution in [2.45, 2.75) is 58.2 Å². The largest absolute Gasteiger partial charge is 0.349 e. The quantitative estimate of drug-likeness (QED) is 0.662. The molecule has 0 saturated heterocycles. The maximum Gasteiger partial charge on any atom is 0.317 e. The van der Waals surface area contributed by atoms with Crippen LogP contribution in [0.2, 0.25) is 0 Å². The molecule has 1 amide bonds.